The summed E-state index contributed by atoms with van der Waals surface area (Å²) in [5.74, 6) is 0.245. The third-order valence-corrected chi connectivity index (χ3v) is 3.01. The molecule has 0 radical (unpaired) electrons. The van der Waals surface area contributed by atoms with Crippen LogP contribution in [0.1, 0.15) is 11.9 Å². The average Bonchev–Trinajstić information content (AvgIpc) is 2.95. The molecule has 1 unspecified atom stereocenters. The minimum Gasteiger partial charge on any atom is -0.394 e. The maximum absolute atomic E-state index is 9.84. The number of aromatic nitrogens is 4. The Morgan fingerprint density at radius 2 is 2.11 bits per heavy atom. The maximum Gasteiger partial charge on any atom is 0.162 e. The van der Waals surface area contributed by atoms with E-state index < -0.39 is 24.4 Å². The zero-order valence-corrected chi connectivity index (χ0v) is 9.26. The van der Waals surface area contributed by atoms with E-state index in [2.05, 4.69) is 20.2 Å². The monoisotopic (exact) mass is 252 g/mol. The summed E-state index contributed by atoms with van der Waals surface area (Å²) in [4.78, 5) is 8.23. The van der Waals surface area contributed by atoms with Gasteiger partial charge < -0.3 is 20.1 Å². The molecule has 1 fully saturated rings. The first kappa shape index (κ1) is 11.5. The minimum absolute atomic E-state index is 0.245. The number of nitrogens with zero attached hydrogens (tertiary/aromatic N) is 3. The standard InChI is InChI=1S/C10H12N4O4/c15-3-5-6(16)7(17)8(18-5)10-11-1-4-2-12-14-9(4)13-10/h1-2,5-8,15-17H,3H2,(H,11,12,13,14)/t5-,6-,7-,8?/m1/s1. The number of aromatic amines is 1. The van der Waals surface area contributed by atoms with E-state index in [-0.39, 0.29) is 12.4 Å². The van der Waals surface area contributed by atoms with E-state index in [1.54, 1.807) is 12.4 Å². The van der Waals surface area contributed by atoms with Crippen LogP contribution >= 0.6 is 0 Å². The van der Waals surface area contributed by atoms with Gasteiger partial charge in [0.25, 0.3) is 0 Å². The smallest absolute Gasteiger partial charge is 0.162 e. The number of nitrogens with one attached hydrogen (secondary N) is 1. The highest BCUT2D eigenvalue weighted by atomic mass is 16.6. The van der Waals surface area contributed by atoms with Gasteiger partial charge in [0, 0.05) is 6.20 Å². The summed E-state index contributed by atoms with van der Waals surface area (Å²) in [6.45, 7) is -0.374. The van der Waals surface area contributed by atoms with E-state index in [1.807, 2.05) is 0 Å². The van der Waals surface area contributed by atoms with Gasteiger partial charge in [-0.1, -0.05) is 0 Å². The Kier molecular flexibility index (Phi) is 2.71. The molecule has 96 valence electrons. The summed E-state index contributed by atoms with van der Waals surface area (Å²) in [5, 5.41) is 35.7. The molecule has 3 heterocycles. The molecule has 8 nitrogen and oxygen atoms in total. The highest BCUT2D eigenvalue weighted by molar-refractivity contribution is 5.72. The molecular formula is C10H12N4O4. The summed E-state index contributed by atoms with van der Waals surface area (Å²) in [6, 6.07) is 0. The molecule has 0 amide bonds. The molecule has 8 heteroatoms. The van der Waals surface area contributed by atoms with E-state index in [4.69, 9.17) is 9.84 Å². The van der Waals surface area contributed by atoms with E-state index in [1.165, 1.54) is 0 Å². The van der Waals surface area contributed by atoms with Crippen molar-refractivity contribution < 1.29 is 20.1 Å². The number of hydrogen-bond acceptors (Lipinski definition) is 7. The Labute approximate surface area is 101 Å². The molecular weight excluding hydrogens is 240 g/mol. The van der Waals surface area contributed by atoms with Crippen molar-refractivity contribution in [1.29, 1.82) is 0 Å². The van der Waals surface area contributed by atoms with Crippen molar-refractivity contribution in [2.75, 3.05) is 6.61 Å². The van der Waals surface area contributed by atoms with E-state index in [0.29, 0.717) is 5.65 Å². The summed E-state index contributed by atoms with van der Waals surface area (Å²) in [6.07, 6.45) is -0.869. The van der Waals surface area contributed by atoms with Crippen LogP contribution in [-0.4, -0.2) is 60.4 Å². The van der Waals surface area contributed by atoms with Crippen molar-refractivity contribution in [1.82, 2.24) is 20.2 Å². The first-order valence-corrected chi connectivity index (χ1v) is 5.49. The molecule has 4 atom stereocenters. The second kappa shape index (κ2) is 4.25. The zero-order chi connectivity index (χ0) is 12.7. The van der Waals surface area contributed by atoms with Crippen LogP contribution in [0.5, 0.6) is 0 Å². The van der Waals surface area contributed by atoms with Crippen molar-refractivity contribution in [2.24, 2.45) is 0 Å². The van der Waals surface area contributed by atoms with Gasteiger partial charge in [0.2, 0.25) is 0 Å². The molecule has 0 spiro atoms. The predicted molar refractivity (Wildman–Crippen MR) is 58.4 cm³/mol. The number of hydrogen-bond donors (Lipinski definition) is 4. The maximum atomic E-state index is 9.84. The minimum atomic E-state index is -1.16. The summed E-state index contributed by atoms with van der Waals surface area (Å²) in [7, 11) is 0. The van der Waals surface area contributed by atoms with Crippen molar-refractivity contribution in [3.05, 3.63) is 18.2 Å². The van der Waals surface area contributed by atoms with E-state index >= 15 is 0 Å². The summed E-state index contributed by atoms with van der Waals surface area (Å²) in [5.41, 5.74) is 0.526. The number of ether oxygens (including phenoxy) is 1. The highest BCUT2D eigenvalue weighted by Gasteiger charge is 2.44. The van der Waals surface area contributed by atoms with Gasteiger partial charge in [-0.3, -0.25) is 5.10 Å². The number of H-pyrrole nitrogens is 1. The first-order chi connectivity index (χ1) is 8.70. The normalized spacial score (nSPS) is 32.2. The second-order valence-electron chi connectivity index (χ2n) is 4.16. The number of aliphatic hydroxyl groups excluding tert-OH is 3. The Hall–Kier alpha value is -1.61. The van der Waals surface area contributed by atoms with Crippen LogP contribution < -0.4 is 0 Å². The van der Waals surface area contributed by atoms with Crippen LogP contribution in [-0.2, 0) is 4.74 Å². The van der Waals surface area contributed by atoms with Gasteiger partial charge in [-0.25, -0.2) is 9.97 Å². The lowest BCUT2D eigenvalue weighted by Crippen LogP contribution is -2.32. The van der Waals surface area contributed by atoms with Gasteiger partial charge in [0.15, 0.2) is 11.5 Å². The van der Waals surface area contributed by atoms with Crippen molar-refractivity contribution in [3.63, 3.8) is 0 Å². The average molecular weight is 252 g/mol. The van der Waals surface area contributed by atoms with E-state index in [9.17, 15) is 10.2 Å². The van der Waals surface area contributed by atoms with Gasteiger partial charge >= 0.3 is 0 Å². The van der Waals surface area contributed by atoms with Gasteiger partial charge in [-0.2, -0.15) is 5.10 Å². The van der Waals surface area contributed by atoms with E-state index in [0.717, 1.165) is 5.39 Å². The van der Waals surface area contributed by atoms with Crippen LogP contribution in [0, 0.1) is 0 Å². The van der Waals surface area contributed by atoms with Crippen LogP contribution in [0.25, 0.3) is 11.0 Å². The van der Waals surface area contributed by atoms with Gasteiger partial charge in [0.05, 0.1) is 18.2 Å². The van der Waals surface area contributed by atoms with Gasteiger partial charge in [-0.15, -0.1) is 0 Å². The number of aliphatic hydroxyl groups is 3. The molecule has 18 heavy (non-hydrogen) atoms. The van der Waals surface area contributed by atoms with Crippen LogP contribution in [0.3, 0.4) is 0 Å². The topological polar surface area (TPSA) is 124 Å². The quantitative estimate of drug-likeness (QED) is 0.513. The van der Waals surface area contributed by atoms with Crippen molar-refractivity contribution >= 4 is 11.0 Å². The predicted octanol–water partition coefficient (Wildman–Crippen LogP) is -1.49. The third-order valence-electron chi connectivity index (χ3n) is 3.01. The van der Waals surface area contributed by atoms with Crippen LogP contribution in [0.4, 0.5) is 0 Å². The van der Waals surface area contributed by atoms with Crippen LogP contribution in [0.2, 0.25) is 0 Å². The second-order valence-corrected chi connectivity index (χ2v) is 4.16. The van der Waals surface area contributed by atoms with Crippen molar-refractivity contribution in [2.45, 2.75) is 24.4 Å². The number of fused-ring (bicyclic) bond motifs is 1. The SMILES string of the molecule is OC[C@H]1OC(c2ncc3cn[nH]c3n2)[C@H](O)[C@@H]1O. The lowest BCUT2D eigenvalue weighted by Gasteiger charge is -2.12. The molecule has 4 N–H and O–H groups in total. The van der Waals surface area contributed by atoms with Gasteiger partial charge in [-0.05, 0) is 0 Å². The molecule has 0 aliphatic carbocycles. The fraction of sp³-hybridized carbons (Fsp3) is 0.500. The highest BCUT2D eigenvalue weighted by Crippen LogP contribution is 2.31. The van der Waals surface area contributed by atoms with Crippen LogP contribution in [0.15, 0.2) is 12.4 Å². The Balaban J connectivity index is 1.94. The molecule has 3 rings (SSSR count). The molecule has 2 aromatic rings. The first-order valence-electron chi connectivity index (χ1n) is 5.49. The molecule has 1 aliphatic heterocycles. The van der Waals surface area contributed by atoms with Gasteiger partial charge in [0.1, 0.15) is 24.4 Å². The summed E-state index contributed by atoms with van der Waals surface area (Å²) < 4.78 is 5.34. The molecule has 1 aliphatic rings. The lowest BCUT2D eigenvalue weighted by molar-refractivity contribution is -0.0252. The largest absolute Gasteiger partial charge is 0.394 e. The zero-order valence-electron chi connectivity index (χ0n) is 9.26. The fourth-order valence-corrected chi connectivity index (χ4v) is 2.00. The molecule has 0 bridgehead atoms. The molecule has 0 aromatic carbocycles. The Bertz CT molecular complexity index is 560. The lowest BCUT2D eigenvalue weighted by atomic mass is 10.1. The number of rotatable bonds is 2. The third kappa shape index (κ3) is 1.66. The fourth-order valence-electron chi connectivity index (χ4n) is 2.00. The summed E-state index contributed by atoms with van der Waals surface area (Å²) >= 11 is 0. The Morgan fingerprint density at radius 1 is 1.28 bits per heavy atom. The molecule has 0 saturated carbocycles. The molecule has 2 aromatic heterocycles. The molecule has 1 saturated heterocycles. The van der Waals surface area contributed by atoms with Crippen molar-refractivity contribution in [3.8, 4) is 0 Å². The Morgan fingerprint density at radius 3 is 2.83 bits per heavy atom.